The van der Waals surface area contributed by atoms with E-state index in [1.54, 1.807) is 35.9 Å². The van der Waals surface area contributed by atoms with E-state index in [9.17, 15) is 9.18 Å². The molecule has 10 heteroatoms. The normalized spacial score (nSPS) is 11.9. The summed E-state index contributed by atoms with van der Waals surface area (Å²) in [4.78, 5) is 17.2. The molecule has 0 aliphatic carbocycles. The van der Waals surface area contributed by atoms with Gasteiger partial charge in [-0.05, 0) is 61.7 Å². The summed E-state index contributed by atoms with van der Waals surface area (Å²) in [7, 11) is 0. The van der Waals surface area contributed by atoms with E-state index < -0.39 is 0 Å². The van der Waals surface area contributed by atoms with Gasteiger partial charge in [0, 0.05) is 11.4 Å². The third kappa shape index (κ3) is 6.15. The van der Waals surface area contributed by atoms with Crippen LogP contribution in [0.25, 0.3) is 17.3 Å². The second-order valence-corrected chi connectivity index (χ2v) is 10.3. The van der Waals surface area contributed by atoms with E-state index in [1.807, 2.05) is 29.7 Å². The number of hydrogen-bond donors (Lipinski definition) is 1. The molecule has 0 radical (unpaired) electrons. The van der Waals surface area contributed by atoms with E-state index in [1.165, 1.54) is 40.8 Å². The number of benzene rings is 2. The Bertz CT molecular complexity index is 1450. The summed E-state index contributed by atoms with van der Waals surface area (Å²) in [6, 6.07) is 19.9. The van der Waals surface area contributed by atoms with Crippen LogP contribution in [0.2, 0.25) is 0 Å². The van der Waals surface area contributed by atoms with Crippen LogP contribution in [-0.2, 0) is 12.2 Å². The molecule has 1 unspecified atom stereocenters. The van der Waals surface area contributed by atoms with E-state index in [2.05, 4.69) is 32.6 Å². The minimum atomic E-state index is -0.325. The zero-order valence-electron chi connectivity index (χ0n) is 20.0. The molecule has 3 heterocycles. The first-order valence-corrected chi connectivity index (χ1v) is 13.6. The van der Waals surface area contributed by atoms with Crippen molar-refractivity contribution in [3.8, 4) is 17.3 Å². The predicted molar refractivity (Wildman–Crippen MR) is 142 cm³/mol. The van der Waals surface area contributed by atoms with Crippen LogP contribution in [0.1, 0.15) is 34.4 Å². The van der Waals surface area contributed by atoms with Crippen LogP contribution in [0.15, 0.2) is 87.9 Å². The van der Waals surface area contributed by atoms with Gasteiger partial charge in [-0.2, -0.15) is 0 Å². The first kappa shape index (κ1) is 24.9. The Kier molecular flexibility index (Phi) is 7.76. The molecular weight excluding hydrogens is 509 g/mol. The summed E-state index contributed by atoms with van der Waals surface area (Å²) in [6.07, 6.45) is 3.31. The molecule has 1 N–H and O–H groups in total. The first-order chi connectivity index (χ1) is 18.1. The monoisotopic (exact) mass is 533 g/mol. The molecule has 0 spiro atoms. The summed E-state index contributed by atoms with van der Waals surface area (Å²) < 4.78 is 20.9. The Morgan fingerprint density at radius 3 is 2.68 bits per heavy atom. The molecular formula is C27H24FN5O2S2. The van der Waals surface area contributed by atoms with Gasteiger partial charge in [-0.15, -0.1) is 21.5 Å². The van der Waals surface area contributed by atoms with Crippen molar-refractivity contribution in [2.24, 2.45) is 0 Å². The van der Waals surface area contributed by atoms with Gasteiger partial charge in [0.2, 0.25) is 5.82 Å². The maximum absolute atomic E-state index is 13.5. The number of thioether (sulfide) groups is 1. The Morgan fingerprint density at radius 1 is 1.11 bits per heavy atom. The fourth-order valence-electron chi connectivity index (χ4n) is 3.76. The zero-order valence-corrected chi connectivity index (χ0v) is 21.6. The average molecular weight is 534 g/mol. The number of amides is 1. The highest BCUT2D eigenvalue weighted by atomic mass is 32.2. The van der Waals surface area contributed by atoms with Crippen molar-refractivity contribution in [2.75, 3.05) is 0 Å². The lowest BCUT2D eigenvalue weighted by Gasteiger charge is -2.12. The molecule has 0 aliphatic heterocycles. The molecule has 37 heavy (non-hydrogen) atoms. The van der Waals surface area contributed by atoms with E-state index in [0.29, 0.717) is 33.9 Å². The SMILES string of the molecule is CC(CCc1ccccc1)NC(=O)c1csc(CSc2nnc(-c3ccco3)n2-c2ccc(F)cc2)n1. The maximum Gasteiger partial charge on any atom is 0.270 e. The lowest BCUT2D eigenvalue weighted by atomic mass is 10.1. The summed E-state index contributed by atoms with van der Waals surface area (Å²) in [6.45, 7) is 2.00. The summed E-state index contributed by atoms with van der Waals surface area (Å²) >= 11 is 2.86. The van der Waals surface area contributed by atoms with Gasteiger partial charge in [-0.1, -0.05) is 42.1 Å². The molecule has 0 saturated carbocycles. The first-order valence-electron chi connectivity index (χ1n) is 11.7. The van der Waals surface area contributed by atoms with E-state index in [0.717, 1.165) is 17.8 Å². The maximum atomic E-state index is 13.5. The molecule has 5 rings (SSSR count). The van der Waals surface area contributed by atoms with Crippen molar-refractivity contribution < 1.29 is 13.6 Å². The number of carbonyl (C=O) groups is 1. The van der Waals surface area contributed by atoms with Gasteiger partial charge in [-0.25, -0.2) is 9.37 Å². The van der Waals surface area contributed by atoms with E-state index in [4.69, 9.17) is 4.42 Å². The highest BCUT2D eigenvalue weighted by molar-refractivity contribution is 7.98. The highest BCUT2D eigenvalue weighted by Gasteiger charge is 2.19. The van der Waals surface area contributed by atoms with Crippen molar-refractivity contribution in [3.63, 3.8) is 0 Å². The van der Waals surface area contributed by atoms with Crippen LogP contribution in [0.5, 0.6) is 0 Å². The second kappa shape index (κ2) is 11.5. The van der Waals surface area contributed by atoms with E-state index in [-0.39, 0.29) is 17.8 Å². The molecule has 0 fully saturated rings. The van der Waals surface area contributed by atoms with Crippen LogP contribution < -0.4 is 5.32 Å². The smallest absolute Gasteiger partial charge is 0.270 e. The number of aryl methyl sites for hydroxylation is 1. The van der Waals surface area contributed by atoms with Gasteiger partial charge >= 0.3 is 0 Å². The van der Waals surface area contributed by atoms with Gasteiger partial charge in [0.15, 0.2) is 10.9 Å². The van der Waals surface area contributed by atoms with E-state index >= 15 is 0 Å². The quantitative estimate of drug-likeness (QED) is 0.216. The molecule has 0 saturated heterocycles. The molecule has 1 atom stereocenters. The highest BCUT2D eigenvalue weighted by Crippen LogP contribution is 2.30. The molecule has 5 aromatic rings. The Hall–Kier alpha value is -3.76. The lowest BCUT2D eigenvalue weighted by molar-refractivity contribution is 0.0934. The van der Waals surface area contributed by atoms with Crippen LogP contribution in [-0.4, -0.2) is 31.7 Å². The second-order valence-electron chi connectivity index (χ2n) is 8.41. The number of aromatic nitrogens is 4. The third-order valence-corrected chi connectivity index (χ3v) is 7.63. The van der Waals surface area contributed by atoms with Crippen molar-refractivity contribution in [3.05, 3.63) is 100 Å². The fourth-order valence-corrected chi connectivity index (χ4v) is 5.50. The molecule has 188 valence electrons. The Morgan fingerprint density at radius 2 is 1.92 bits per heavy atom. The van der Waals surface area contributed by atoms with Crippen LogP contribution >= 0.6 is 23.1 Å². The Balaban J connectivity index is 1.24. The summed E-state index contributed by atoms with van der Waals surface area (Å²) in [5.74, 6) is 1.07. The minimum Gasteiger partial charge on any atom is -0.461 e. The lowest BCUT2D eigenvalue weighted by Crippen LogP contribution is -2.33. The van der Waals surface area contributed by atoms with Crippen molar-refractivity contribution in [1.82, 2.24) is 25.1 Å². The largest absolute Gasteiger partial charge is 0.461 e. The number of nitrogens with zero attached hydrogens (tertiary/aromatic N) is 4. The molecule has 3 aromatic heterocycles. The number of carbonyl (C=O) groups excluding carboxylic acids is 1. The number of halogens is 1. The van der Waals surface area contributed by atoms with Gasteiger partial charge in [0.05, 0.1) is 17.7 Å². The molecule has 2 aromatic carbocycles. The average Bonchev–Trinajstić information content (AvgIpc) is 3.68. The number of nitrogens with one attached hydrogen (secondary N) is 1. The topological polar surface area (TPSA) is 85.8 Å². The van der Waals surface area contributed by atoms with Crippen LogP contribution in [0.4, 0.5) is 4.39 Å². The number of thiazole rings is 1. The molecule has 1 amide bonds. The van der Waals surface area contributed by atoms with Crippen LogP contribution in [0, 0.1) is 5.82 Å². The predicted octanol–water partition coefficient (Wildman–Crippen LogP) is 6.17. The van der Waals surface area contributed by atoms with Crippen molar-refractivity contribution in [2.45, 2.75) is 36.7 Å². The fraction of sp³-hybridized carbons (Fsp3) is 0.185. The van der Waals surface area contributed by atoms with Gasteiger partial charge in [-0.3, -0.25) is 9.36 Å². The summed E-state index contributed by atoms with van der Waals surface area (Å²) in [5.41, 5.74) is 2.37. The molecule has 7 nitrogen and oxygen atoms in total. The molecule has 0 bridgehead atoms. The standard InChI is InChI=1S/C27H24FN5O2S2/c1-18(9-10-19-6-3-2-4-7-19)29-26(34)22-16-36-24(30-22)17-37-27-32-31-25(23-8-5-15-35-23)33(27)21-13-11-20(28)12-14-21/h2-8,11-16,18H,9-10,17H2,1H3,(H,29,34). The number of furan rings is 1. The summed E-state index contributed by atoms with van der Waals surface area (Å²) in [5, 5.41) is 14.8. The number of rotatable bonds is 10. The minimum absolute atomic E-state index is 0.0292. The van der Waals surface area contributed by atoms with Gasteiger partial charge in [0.25, 0.3) is 5.91 Å². The Labute approximate surface area is 221 Å². The molecule has 0 aliphatic rings. The van der Waals surface area contributed by atoms with Crippen LogP contribution in [0.3, 0.4) is 0 Å². The third-order valence-electron chi connectivity index (χ3n) is 5.66. The zero-order chi connectivity index (χ0) is 25.6. The van der Waals surface area contributed by atoms with Crippen molar-refractivity contribution >= 4 is 29.0 Å². The van der Waals surface area contributed by atoms with Crippen molar-refractivity contribution in [1.29, 1.82) is 0 Å². The number of hydrogen-bond acceptors (Lipinski definition) is 7. The van der Waals surface area contributed by atoms with Gasteiger partial charge in [0.1, 0.15) is 16.5 Å². The van der Waals surface area contributed by atoms with Gasteiger partial charge < -0.3 is 9.73 Å².